The average molecular weight is 209 g/mol. The van der Waals surface area contributed by atoms with Crippen molar-refractivity contribution in [1.82, 2.24) is 10.2 Å². The number of hydrogen-bond donors (Lipinski definition) is 2. The van der Waals surface area contributed by atoms with Crippen LogP contribution < -0.4 is 11.1 Å². The molecule has 2 unspecified atom stereocenters. The van der Waals surface area contributed by atoms with Crippen LogP contribution in [-0.2, 0) is 4.79 Å². The van der Waals surface area contributed by atoms with Crippen LogP contribution in [0.5, 0.6) is 0 Å². The molecule has 4 nitrogen and oxygen atoms in total. The van der Waals surface area contributed by atoms with Crippen LogP contribution in [-0.4, -0.2) is 42.5 Å². The van der Waals surface area contributed by atoms with Crippen molar-refractivity contribution in [3.63, 3.8) is 0 Å². The Hall–Kier alpha value is -1.05. The Labute approximate surface area is 91.2 Å². The lowest BCUT2D eigenvalue weighted by atomic mass is 10.2. The Balaban J connectivity index is 2.48. The molecule has 4 heteroatoms. The van der Waals surface area contributed by atoms with Crippen molar-refractivity contribution in [2.45, 2.75) is 31.8 Å². The van der Waals surface area contributed by atoms with Gasteiger partial charge in [0.15, 0.2) is 0 Å². The molecule has 2 atom stereocenters. The van der Waals surface area contributed by atoms with Gasteiger partial charge in [-0.25, -0.2) is 0 Å². The standard InChI is InChI=1S/C11H19N3O/c1-3-6-13-11(15)9(2)14-7-4-5-10(14)8-12/h1,9-10H,4-8,12H2,2H3,(H,13,15). The second-order valence-corrected chi connectivity index (χ2v) is 3.87. The summed E-state index contributed by atoms with van der Waals surface area (Å²) in [4.78, 5) is 13.8. The largest absolute Gasteiger partial charge is 0.344 e. The second kappa shape index (κ2) is 5.74. The fraction of sp³-hybridized carbons (Fsp3) is 0.727. The van der Waals surface area contributed by atoms with Gasteiger partial charge in [0.05, 0.1) is 12.6 Å². The third-order valence-corrected chi connectivity index (χ3v) is 2.94. The molecule has 0 aliphatic carbocycles. The minimum Gasteiger partial charge on any atom is -0.344 e. The summed E-state index contributed by atoms with van der Waals surface area (Å²) in [5.74, 6) is 2.39. The lowest BCUT2D eigenvalue weighted by molar-refractivity contribution is -0.125. The molecule has 0 aromatic heterocycles. The van der Waals surface area contributed by atoms with E-state index in [1.165, 1.54) is 0 Å². The molecule has 1 saturated heterocycles. The second-order valence-electron chi connectivity index (χ2n) is 3.87. The highest BCUT2D eigenvalue weighted by Crippen LogP contribution is 2.18. The van der Waals surface area contributed by atoms with Gasteiger partial charge in [-0.3, -0.25) is 9.69 Å². The molecule has 1 aliphatic heterocycles. The molecule has 3 N–H and O–H groups in total. The van der Waals surface area contributed by atoms with Crippen molar-refractivity contribution < 1.29 is 4.79 Å². The third kappa shape index (κ3) is 2.95. The summed E-state index contributed by atoms with van der Waals surface area (Å²) in [6.07, 6.45) is 7.29. The Morgan fingerprint density at radius 3 is 3.13 bits per heavy atom. The number of likely N-dealkylation sites (tertiary alicyclic amines) is 1. The third-order valence-electron chi connectivity index (χ3n) is 2.94. The van der Waals surface area contributed by atoms with Crippen LogP contribution in [0.25, 0.3) is 0 Å². The molecule has 1 aliphatic rings. The normalized spacial score (nSPS) is 23.4. The SMILES string of the molecule is C#CCNC(=O)C(C)N1CCCC1CN. The zero-order valence-corrected chi connectivity index (χ0v) is 9.20. The molecule has 1 amide bonds. The molecule has 1 rings (SSSR count). The predicted octanol–water partition coefficient (Wildman–Crippen LogP) is -0.453. The van der Waals surface area contributed by atoms with Crippen molar-refractivity contribution >= 4 is 5.91 Å². The van der Waals surface area contributed by atoms with E-state index in [0.717, 1.165) is 19.4 Å². The Morgan fingerprint density at radius 1 is 1.80 bits per heavy atom. The van der Waals surface area contributed by atoms with Gasteiger partial charge in [-0.2, -0.15) is 0 Å². The van der Waals surface area contributed by atoms with Gasteiger partial charge in [-0.1, -0.05) is 5.92 Å². The molecule has 1 heterocycles. The van der Waals surface area contributed by atoms with Crippen LogP contribution in [0, 0.1) is 12.3 Å². The minimum absolute atomic E-state index is 0.00620. The number of nitrogens with one attached hydrogen (secondary N) is 1. The maximum absolute atomic E-state index is 11.7. The van der Waals surface area contributed by atoms with Crippen LogP contribution in [0.15, 0.2) is 0 Å². The minimum atomic E-state index is -0.130. The summed E-state index contributed by atoms with van der Waals surface area (Å²) in [6, 6.07) is 0.214. The van der Waals surface area contributed by atoms with Gasteiger partial charge >= 0.3 is 0 Å². The van der Waals surface area contributed by atoms with E-state index in [1.807, 2.05) is 6.92 Å². The quantitative estimate of drug-likeness (QED) is 0.616. The smallest absolute Gasteiger partial charge is 0.237 e. The fourth-order valence-electron chi connectivity index (χ4n) is 2.06. The highest BCUT2D eigenvalue weighted by atomic mass is 16.2. The lowest BCUT2D eigenvalue weighted by Gasteiger charge is -2.28. The van der Waals surface area contributed by atoms with Gasteiger partial charge in [0.25, 0.3) is 0 Å². The number of rotatable bonds is 4. The summed E-state index contributed by atoms with van der Waals surface area (Å²) >= 11 is 0. The van der Waals surface area contributed by atoms with E-state index in [9.17, 15) is 4.79 Å². The molecule has 0 bridgehead atoms. The van der Waals surface area contributed by atoms with Crippen LogP contribution >= 0.6 is 0 Å². The Kier molecular flexibility index (Phi) is 4.60. The Bertz CT molecular complexity index is 259. The van der Waals surface area contributed by atoms with E-state index in [1.54, 1.807) is 0 Å². The summed E-state index contributed by atoms with van der Waals surface area (Å²) in [7, 11) is 0. The summed E-state index contributed by atoms with van der Waals surface area (Å²) in [5, 5.41) is 2.70. The number of nitrogens with two attached hydrogens (primary N) is 1. The highest BCUT2D eigenvalue weighted by molar-refractivity contribution is 5.81. The average Bonchev–Trinajstić information content (AvgIpc) is 2.72. The van der Waals surface area contributed by atoms with Crippen LogP contribution in [0.1, 0.15) is 19.8 Å². The van der Waals surface area contributed by atoms with Crippen molar-refractivity contribution in [2.24, 2.45) is 5.73 Å². The lowest BCUT2D eigenvalue weighted by Crippen LogP contribution is -2.49. The Morgan fingerprint density at radius 2 is 2.53 bits per heavy atom. The van der Waals surface area contributed by atoms with Crippen molar-refractivity contribution in [1.29, 1.82) is 0 Å². The topological polar surface area (TPSA) is 58.4 Å². The van der Waals surface area contributed by atoms with Crippen LogP contribution in [0.4, 0.5) is 0 Å². The first-order valence-electron chi connectivity index (χ1n) is 5.37. The molecule has 0 aromatic rings. The molecule has 0 saturated carbocycles. The number of hydrogen-bond acceptors (Lipinski definition) is 3. The van der Waals surface area contributed by atoms with Crippen molar-refractivity contribution in [2.75, 3.05) is 19.6 Å². The van der Waals surface area contributed by atoms with Gasteiger partial charge in [0.1, 0.15) is 0 Å². The van der Waals surface area contributed by atoms with Crippen LogP contribution in [0.3, 0.4) is 0 Å². The number of carbonyl (C=O) groups is 1. The van der Waals surface area contributed by atoms with Crippen molar-refractivity contribution in [3.8, 4) is 12.3 Å². The van der Waals surface area contributed by atoms with Gasteiger partial charge in [0, 0.05) is 12.6 Å². The first kappa shape index (κ1) is 12.0. The number of amides is 1. The zero-order valence-electron chi connectivity index (χ0n) is 9.20. The summed E-state index contributed by atoms with van der Waals surface area (Å²) in [5.41, 5.74) is 5.66. The fourth-order valence-corrected chi connectivity index (χ4v) is 2.06. The maximum Gasteiger partial charge on any atom is 0.237 e. The molecule has 1 fully saturated rings. The molecule has 0 spiro atoms. The monoisotopic (exact) mass is 209 g/mol. The van der Waals surface area contributed by atoms with E-state index in [2.05, 4.69) is 16.1 Å². The summed E-state index contributed by atoms with van der Waals surface area (Å²) in [6.45, 7) is 3.77. The molecule has 0 aromatic carbocycles. The zero-order chi connectivity index (χ0) is 11.3. The van der Waals surface area contributed by atoms with E-state index >= 15 is 0 Å². The molecular formula is C11H19N3O. The van der Waals surface area contributed by atoms with Crippen molar-refractivity contribution in [3.05, 3.63) is 0 Å². The van der Waals surface area contributed by atoms with E-state index in [4.69, 9.17) is 12.2 Å². The van der Waals surface area contributed by atoms with Gasteiger partial charge in [-0.05, 0) is 26.3 Å². The van der Waals surface area contributed by atoms with Gasteiger partial charge < -0.3 is 11.1 Å². The van der Waals surface area contributed by atoms with Gasteiger partial charge in [-0.15, -0.1) is 6.42 Å². The van der Waals surface area contributed by atoms with E-state index in [0.29, 0.717) is 19.1 Å². The highest BCUT2D eigenvalue weighted by Gasteiger charge is 2.30. The molecule has 15 heavy (non-hydrogen) atoms. The van der Waals surface area contributed by atoms with E-state index in [-0.39, 0.29) is 11.9 Å². The van der Waals surface area contributed by atoms with Crippen LogP contribution in [0.2, 0.25) is 0 Å². The predicted molar refractivity (Wildman–Crippen MR) is 60.1 cm³/mol. The first-order valence-corrected chi connectivity index (χ1v) is 5.37. The first-order chi connectivity index (χ1) is 7.20. The molecule has 84 valence electrons. The molecule has 0 radical (unpaired) electrons. The number of carbonyl (C=O) groups excluding carboxylic acids is 1. The number of terminal acetylenes is 1. The van der Waals surface area contributed by atoms with E-state index < -0.39 is 0 Å². The summed E-state index contributed by atoms with van der Waals surface area (Å²) < 4.78 is 0. The number of nitrogens with zero attached hydrogens (tertiary/aromatic N) is 1. The van der Waals surface area contributed by atoms with Gasteiger partial charge in [0.2, 0.25) is 5.91 Å². The maximum atomic E-state index is 11.7. The molecular weight excluding hydrogens is 190 g/mol.